The second kappa shape index (κ2) is 9.05. The van der Waals surface area contributed by atoms with Crippen molar-refractivity contribution in [2.24, 2.45) is 5.73 Å². The first-order chi connectivity index (χ1) is 13.8. The monoisotopic (exact) mass is 425 g/mol. The lowest BCUT2D eigenvalue weighted by Gasteiger charge is -2.16. The van der Waals surface area contributed by atoms with Crippen LogP contribution in [0, 0.1) is 0 Å². The van der Waals surface area contributed by atoms with Gasteiger partial charge in [0, 0.05) is 6.42 Å². The van der Waals surface area contributed by atoms with Crippen LogP contribution in [0.1, 0.15) is 12.6 Å². The van der Waals surface area contributed by atoms with Crippen molar-refractivity contribution < 1.29 is 24.9 Å². The van der Waals surface area contributed by atoms with E-state index < -0.39 is 36.6 Å². The lowest BCUT2D eigenvalue weighted by molar-refractivity contribution is -0.138. The van der Waals surface area contributed by atoms with Gasteiger partial charge in [-0.3, -0.25) is 9.36 Å². The number of aliphatic carboxylic acids is 1. The fourth-order valence-electron chi connectivity index (χ4n) is 3.20. The highest BCUT2D eigenvalue weighted by molar-refractivity contribution is 7.97. The van der Waals surface area contributed by atoms with Gasteiger partial charge in [0.2, 0.25) is 0 Å². The largest absolute Gasteiger partial charge is 0.480 e. The van der Waals surface area contributed by atoms with E-state index in [2.05, 4.69) is 21.5 Å². The molecule has 0 spiro atoms. The predicted molar refractivity (Wildman–Crippen MR) is 108 cm³/mol. The van der Waals surface area contributed by atoms with Gasteiger partial charge in [0.15, 0.2) is 17.7 Å². The molecule has 29 heavy (non-hydrogen) atoms. The van der Waals surface area contributed by atoms with Crippen molar-refractivity contribution in [3.63, 3.8) is 0 Å². The second-order valence-electron chi connectivity index (χ2n) is 6.80. The van der Waals surface area contributed by atoms with E-state index in [-0.39, 0.29) is 16.7 Å². The molecular formula is C17H25N6O5S+. The SMILES string of the molecule is C=CC[S+](CC[C@H](N)C(=O)O)C[C@H]1O[C@@H](n2cnc3c(N)ncnc32)C(O)C1O. The smallest absolute Gasteiger partial charge is 0.320 e. The number of ether oxygens (including phenoxy) is 1. The molecule has 1 saturated heterocycles. The number of hydrogen-bond acceptors (Lipinski definition) is 9. The molecule has 2 aromatic heterocycles. The van der Waals surface area contributed by atoms with Crippen molar-refractivity contribution in [2.75, 3.05) is 23.0 Å². The van der Waals surface area contributed by atoms with E-state index >= 15 is 0 Å². The van der Waals surface area contributed by atoms with Gasteiger partial charge in [-0.2, -0.15) is 0 Å². The number of carboxylic acids is 1. The Balaban J connectivity index is 1.73. The highest BCUT2D eigenvalue weighted by Gasteiger charge is 2.47. The van der Waals surface area contributed by atoms with Crippen LogP contribution in [-0.2, 0) is 20.4 Å². The number of aliphatic hydroxyl groups is 2. The fourth-order valence-corrected chi connectivity index (χ4v) is 5.33. The molecule has 3 rings (SSSR count). The molecular weight excluding hydrogens is 400 g/mol. The summed E-state index contributed by atoms with van der Waals surface area (Å²) in [6, 6.07) is -0.940. The van der Waals surface area contributed by atoms with Crippen LogP contribution in [-0.4, -0.2) is 82.4 Å². The summed E-state index contributed by atoms with van der Waals surface area (Å²) in [4.78, 5) is 23.1. The van der Waals surface area contributed by atoms with E-state index in [1.165, 1.54) is 17.2 Å². The molecule has 3 heterocycles. The number of aromatic nitrogens is 4. The van der Waals surface area contributed by atoms with E-state index in [0.29, 0.717) is 34.8 Å². The Morgan fingerprint density at radius 1 is 1.38 bits per heavy atom. The van der Waals surface area contributed by atoms with Crippen LogP contribution in [0.5, 0.6) is 0 Å². The molecule has 158 valence electrons. The Kier molecular flexibility index (Phi) is 6.70. The maximum Gasteiger partial charge on any atom is 0.320 e. The number of hydrogen-bond donors (Lipinski definition) is 5. The molecule has 0 saturated carbocycles. The zero-order valence-electron chi connectivity index (χ0n) is 15.7. The van der Waals surface area contributed by atoms with Crippen LogP contribution in [0.15, 0.2) is 25.3 Å². The van der Waals surface area contributed by atoms with Crippen molar-refractivity contribution in [1.82, 2.24) is 19.5 Å². The molecule has 0 aromatic carbocycles. The normalized spacial score (nSPS) is 26.4. The topological polar surface area (TPSA) is 183 Å². The van der Waals surface area contributed by atoms with Crippen LogP contribution in [0.3, 0.4) is 0 Å². The lowest BCUT2D eigenvalue weighted by atomic mass is 10.1. The minimum Gasteiger partial charge on any atom is -0.480 e. The summed E-state index contributed by atoms with van der Waals surface area (Å²) in [5.41, 5.74) is 12.2. The molecule has 11 nitrogen and oxygen atoms in total. The number of carbonyl (C=O) groups is 1. The Morgan fingerprint density at radius 3 is 2.83 bits per heavy atom. The number of carboxylic acid groups (broad SMARTS) is 1. The summed E-state index contributed by atoms with van der Waals surface area (Å²) >= 11 is 0. The third kappa shape index (κ3) is 4.51. The second-order valence-corrected chi connectivity index (χ2v) is 9.10. The van der Waals surface area contributed by atoms with Crippen LogP contribution in [0.25, 0.3) is 11.2 Å². The van der Waals surface area contributed by atoms with E-state index in [4.69, 9.17) is 21.3 Å². The number of nitrogen functional groups attached to an aromatic ring is 1. The molecule has 6 atom stereocenters. The van der Waals surface area contributed by atoms with E-state index in [1.54, 1.807) is 6.08 Å². The van der Waals surface area contributed by atoms with Gasteiger partial charge in [-0.1, -0.05) is 6.58 Å². The standard InChI is InChI=1S/C17H24N6O5S/c1-2-4-29(5-3-9(18)17(26)27)6-10-12(24)13(25)16(28-10)23-8-22-11-14(19)20-7-21-15(11)23/h2,7-10,12-13,16,24-25H,1,3-6,18H2,(H2-,19,20,21,26,27)/p+1/t9-,10+,12?,13?,16+,29?/m0/s1. The first-order valence-electron chi connectivity index (χ1n) is 9.01. The van der Waals surface area contributed by atoms with Crippen LogP contribution >= 0.6 is 0 Å². The molecule has 0 radical (unpaired) electrons. The average Bonchev–Trinajstić information content (AvgIpc) is 3.23. The molecule has 0 bridgehead atoms. The minimum absolute atomic E-state index is 0.209. The summed E-state index contributed by atoms with van der Waals surface area (Å²) in [5, 5.41) is 30.0. The maximum atomic E-state index is 10.9. The summed E-state index contributed by atoms with van der Waals surface area (Å²) in [5.74, 6) is 0.799. The number of aliphatic hydroxyl groups excluding tert-OH is 2. The van der Waals surface area contributed by atoms with E-state index in [1.807, 2.05) is 0 Å². The van der Waals surface area contributed by atoms with Gasteiger partial charge in [0.25, 0.3) is 0 Å². The van der Waals surface area contributed by atoms with Gasteiger partial charge in [0.1, 0.15) is 53.5 Å². The molecule has 3 unspecified atom stereocenters. The lowest BCUT2D eigenvalue weighted by Crippen LogP contribution is -2.38. The van der Waals surface area contributed by atoms with E-state index in [0.717, 1.165) is 0 Å². The molecule has 1 fully saturated rings. The molecule has 1 aliphatic heterocycles. The van der Waals surface area contributed by atoms with Crippen LogP contribution in [0.4, 0.5) is 5.82 Å². The highest BCUT2D eigenvalue weighted by Crippen LogP contribution is 2.33. The number of rotatable bonds is 9. The van der Waals surface area contributed by atoms with Gasteiger partial charge in [-0.05, 0) is 17.0 Å². The van der Waals surface area contributed by atoms with Crippen molar-refractivity contribution in [3.8, 4) is 0 Å². The summed E-state index contributed by atoms with van der Waals surface area (Å²) < 4.78 is 7.48. The van der Waals surface area contributed by atoms with Crippen molar-refractivity contribution in [3.05, 3.63) is 25.3 Å². The number of anilines is 1. The van der Waals surface area contributed by atoms with Crippen molar-refractivity contribution >= 4 is 33.8 Å². The summed E-state index contributed by atoms with van der Waals surface area (Å²) in [6.45, 7) is 3.74. The van der Waals surface area contributed by atoms with Crippen LogP contribution in [0.2, 0.25) is 0 Å². The predicted octanol–water partition coefficient (Wildman–Crippen LogP) is -1.37. The molecule has 1 aliphatic rings. The van der Waals surface area contributed by atoms with Gasteiger partial charge >= 0.3 is 5.97 Å². The zero-order valence-corrected chi connectivity index (χ0v) is 16.5. The maximum absolute atomic E-state index is 10.9. The molecule has 12 heteroatoms. The summed E-state index contributed by atoms with van der Waals surface area (Å²) in [6.07, 6.45) is 0.943. The highest BCUT2D eigenvalue weighted by atomic mass is 32.2. The molecule has 2 aromatic rings. The van der Waals surface area contributed by atoms with Crippen molar-refractivity contribution in [2.45, 2.75) is 37.0 Å². The quantitative estimate of drug-likeness (QED) is 0.237. The summed E-state index contributed by atoms with van der Waals surface area (Å²) in [7, 11) is -0.308. The molecule has 7 N–H and O–H groups in total. The fraction of sp³-hybridized carbons (Fsp3) is 0.529. The van der Waals surface area contributed by atoms with Gasteiger partial charge < -0.3 is 31.5 Å². The number of nitrogens with two attached hydrogens (primary N) is 2. The first kappa shape index (κ1) is 21.5. The molecule has 0 amide bonds. The third-order valence-electron chi connectivity index (χ3n) is 4.79. The third-order valence-corrected chi connectivity index (χ3v) is 7.11. The Labute approximate surface area is 169 Å². The number of nitrogens with zero attached hydrogens (tertiary/aromatic N) is 4. The zero-order chi connectivity index (χ0) is 21.1. The van der Waals surface area contributed by atoms with Crippen molar-refractivity contribution in [1.29, 1.82) is 0 Å². The van der Waals surface area contributed by atoms with Crippen LogP contribution < -0.4 is 11.5 Å². The van der Waals surface area contributed by atoms with Gasteiger partial charge in [0.05, 0.1) is 6.33 Å². The Morgan fingerprint density at radius 2 is 2.14 bits per heavy atom. The minimum atomic E-state index is -1.19. The Bertz CT molecular complexity index is 879. The molecule has 0 aliphatic carbocycles. The first-order valence-corrected chi connectivity index (χ1v) is 10.7. The Hall–Kier alpha value is -2.25. The number of fused-ring (bicyclic) bond motifs is 1. The van der Waals surface area contributed by atoms with Gasteiger partial charge in [-0.15, -0.1) is 0 Å². The average molecular weight is 425 g/mol. The van der Waals surface area contributed by atoms with E-state index in [9.17, 15) is 15.0 Å². The van der Waals surface area contributed by atoms with Gasteiger partial charge in [-0.25, -0.2) is 15.0 Å². The number of imidazole rings is 1.